The Morgan fingerprint density at radius 3 is 1.38 bits per heavy atom. The smallest absolute Gasteiger partial charge is 0.338 e. The van der Waals surface area contributed by atoms with Crippen LogP contribution in [0.4, 0.5) is 0 Å². The second kappa shape index (κ2) is 7.21. The van der Waals surface area contributed by atoms with Crippen molar-refractivity contribution < 1.29 is 19.1 Å². The highest BCUT2D eigenvalue weighted by molar-refractivity contribution is 5.90. The van der Waals surface area contributed by atoms with Crippen LogP contribution in [0.3, 0.4) is 0 Å². The van der Waals surface area contributed by atoms with Crippen LogP contribution in [-0.2, 0) is 9.47 Å². The largest absolute Gasteiger partial charge is 0.454 e. The van der Waals surface area contributed by atoms with Gasteiger partial charge in [0, 0.05) is 11.8 Å². The van der Waals surface area contributed by atoms with E-state index in [2.05, 4.69) is 12.1 Å². The molecule has 4 nitrogen and oxygen atoms in total. The van der Waals surface area contributed by atoms with E-state index in [1.54, 1.807) is 48.5 Å². The Kier molecular flexibility index (Phi) is 4.39. The monoisotopic (exact) mass is 384 g/mol. The van der Waals surface area contributed by atoms with E-state index in [0.29, 0.717) is 11.1 Å². The second-order valence-corrected chi connectivity index (χ2v) is 7.55. The minimum Gasteiger partial charge on any atom is -0.454 e. The summed E-state index contributed by atoms with van der Waals surface area (Å²) in [4.78, 5) is 25.5. The number of benzene rings is 3. The van der Waals surface area contributed by atoms with Gasteiger partial charge in [-0.1, -0.05) is 60.7 Å². The summed E-state index contributed by atoms with van der Waals surface area (Å²) in [6.45, 7) is 0. The first kappa shape index (κ1) is 17.7. The van der Waals surface area contributed by atoms with E-state index in [-0.39, 0.29) is 23.8 Å². The SMILES string of the molecule is O=C(O[C@H]1C2CC(c3ccccc32)[C@@H]1OC(=O)c1ccccc1)c1ccccc1. The average Bonchev–Trinajstić information content (AvgIpc) is 3.32. The standard InChI is InChI=1S/C25H20O4/c26-24(16-9-3-1-4-10-16)28-22-20-15-21(19-14-8-7-13-18(19)20)23(22)29-25(27)17-11-5-2-6-12-17/h1-14,20-23H,15H2/t20?,21?,22-,23-/m0/s1. The lowest BCUT2D eigenvalue weighted by molar-refractivity contribution is -0.0348. The molecule has 0 saturated heterocycles. The molecule has 0 heterocycles. The zero-order valence-electron chi connectivity index (χ0n) is 15.7. The van der Waals surface area contributed by atoms with Crippen molar-refractivity contribution in [2.75, 3.05) is 0 Å². The molecule has 0 aromatic heterocycles. The summed E-state index contributed by atoms with van der Waals surface area (Å²) in [6, 6.07) is 26.0. The summed E-state index contributed by atoms with van der Waals surface area (Å²) in [7, 11) is 0. The highest BCUT2D eigenvalue weighted by atomic mass is 16.6. The Labute approximate surface area is 169 Å². The molecular formula is C25H20O4. The molecule has 144 valence electrons. The van der Waals surface area contributed by atoms with Crippen molar-refractivity contribution in [3.05, 3.63) is 107 Å². The van der Waals surface area contributed by atoms with Crippen molar-refractivity contribution in [1.82, 2.24) is 0 Å². The van der Waals surface area contributed by atoms with E-state index in [9.17, 15) is 9.59 Å². The molecule has 3 aromatic rings. The van der Waals surface area contributed by atoms with Gasteiger partial charge >= 0.3 is 11.9 Å². The molecule has 1 saturated carbocycles. The first-order valence-corrected chi connectivity index (χ1v) is 9.83. The van der Waals surface area contributed by atoms with Crippen molar-refractivity contribution >= 4 is 11.9 Å². The second-order valence-electron chi connectivity index (χ2n) is 7.55. The van der Waals surface area contributed by atoms with Gasteiger partial charge in [-0.3, -0.25) is 0 Å². The van der Waals surface area contributed by atoms with Gasteiger partial charge in [0.05, 0.1) is 11.1 Å². The number of hydrogen-bond donors (Lipinski definition) is 0. The molecule has 2 bridgehead atoms. The van der Waals surface area contributed by atoms with Crippen molar-refractivity contribution in [2.24, 2.45) is 0 Å². The first-order valence-electron chi connectivity index (χ1n) is 9.83. The summed E-state index contributed by atoms with van der Waals surface area (Å²) in [6.07, 6.45) is -0.163. The maximum absolute atomic E-state index is 12.7. The summed E-state index contributed by atoms with van der Waals surface area (Å²) in [5.74, 6) is -0.697. The van der Waals surface area contributed by atoms with E-state index in [1.165, 1.54) is 11.1 Å². The van der Waals surface area contributed by atoms with Crippen LogP contribution < -0.4 is 0 Å². The molecule has 0 radical (unpaired) electrons. The van der Waals surface area contributed by atoms with Gasteiger partial charge in [-0.05, 0) is 41.8 Å². The van der Waals surface area contributed by atoms with Crippen molar-refractivity contribution in [1.29, 1.82) is 0 Å². The third-order valence-electron chi connectivity index (χ3n) is 5.92. The Morgan fingerprint density at radius 1 is 0.586 bits per heavy atom. The van der Waals surface area contributed by atoms with Crippen LogP contribution >= 0.6 is 0 Å². The number of fused-ring (bicyclic) bond motifs is 5. The fourth-order valence-electron chi connectivity index (χ4n) is 4.62. The number of carbonyl (C=O) groups excluding carboxylic acids is 2. The summed E-state index contributed by atoms with van der Waals surface area (Å²) < 4.78 is 11.8. The molecule has 29 heavy (non-hydrogen) atoms. The predicted octanol–water partition coefficient (Wildman–Crippen LogP) is 4.72. The number of ether oxygens (including phenoxy) is 2. The minimum absolute atomic E-state index is 0.0393. The maximum Gasteiger partial charge on any atom is 0.338 e. The van der Waals surface area contributed by atoms with E-state index >= 15 is 0 Å². The van der Waals surface area contributed by atoms with Gasteiger partial charge in [0.2, 0.25) is 0 Å². The average molecular weight is 384 g/mol. The van der Waals surface area contributed by atoms with Gasteiger partial charge in [-0.25, -0.2) is 9.59 Å². The first-order chi connectivity index (χ1) is 14.2. The van der Waals surface area contributed by atoms with Crippen LogP contribution in [-0.4, -0.2) is 24.1 Å². The molecule has 0 aliphatic heterocycles. The highest BCUT2D eigenvalue weighted by Gasteiger charge is 2.55. The zero-order valence-corrected chi connectivity index (χ0v) is 15.7. The molecule has 0 amide bonds. The van der Waals surface area contributed by atoms with Crippen molar-refractivity contribution in [2.45, 2.75) is 30.5 Å². The molecule has 2 unspecified atom stereocenters. The minimum atomic E-state index is -0.490. The third-order valence-corrected chi connectivity index (χ3v) is 5.92. The predicted molar refractivity (Wildman–Crippen MR) is 108 cm³/mol. The van der Waals surface area contributed by atoms with E-state index in [0.717, 1.165) is 6.42 Å². The zero-order chi connectivity index (χ0) is 19.8. The highest BCUT2D eigenvalue weighted by Crippen LogP contribution is 2.55. The molecule has 0 N–H and O–H groups in total. The lowest BCUT2D eigenvalue weighted by Crippen LogP contribution is -2.39. The van der Waals surface area contributed by atoms with Gasteiger partial charge in [0.1, 0.15) is 12.2 Å². The molecule has 3 aromatic carbocycles. The molecule has 2 aliphatic rings. The number of hydrogen-bond acceptors (Lipinski definition) is 4. The van der Waals surface area contributed by atoms with Crippen LogP contribution in [0.25, 0.3) is 0 Å². The Hall–Kier alpha value is -3.40. The molecule has 4 heteroatoms. The third kappa shape index (κ3) is 3.11. The van der Waals surface area contributed by atoms with Gasteiger partial charge in [-0.2, -0.15) is 0 Å². The summed E-state index contributed by atoms with van der Waals surface area (Å²) in [5.41, 5.74) is 3.37. The fourth-order valence-corrected chi connectivity index (χ4v) is 4.62. The maximum atomic E-state index is 12.7. The Bertz CT molecular complexity index is 960. The topological polar surface area (TPSA) is 52.6 Å². The Morgan fingerprint density at radius 2 is 0.966 bits per heavy atom. The Balaban J connectivity index is 1.44. The molecule has 5 rings (SSSR count). The van der Waals surface area contributed by atoms with Crippen molar-refractivity contribution in [3.8, 4) is 0 Å². The van der Waals surface area contributed by atoms with Crippen molar-refractivity contribution in [3.63, 3.8) is 0 Å². The van der Waals surface area contributed by atoms with E-state index < -0.39 is 12.2 Å². The summed E-state index contributed by atoms with van der Waals surface area (Å²) >= 11 is 0. The fraction of sp³-hybridized carbons (Fsp3) is 0.200. The molecular weight excluding hydrogens is 364 g/mol. The normalized spacial score (nSPS) is 24.0. The molecule has 0 spiro atoms. The van der Waals surface area contributed by atoms with Crippen LogP contribution in [0.2, 0.25) is 0 Å². The van der Waals surface area contributed by atoms with E-state index in [1.807, 2.05) is 24.3 Å². The molecule has 1 fully saturated rings. The summed E-state index contributed by atoms with van der Waals surface area (Å²) in [5, 5.41) is 0. The molecule has 2 aliphatic carbocycles. The molecule has 4 atom stereocenters. The number of esters is 2. The van der Waals surface area contributed by atoms with Crippen LogP contribution in [0, 0.1) is 0 Å². The number of carbonyl (C=O) groups is 2. The lowest BCUT2D eigenvalue weighted by Gasteiger charge is -2.32. The van der Waals surface area contributed by atoms with Crippen LogP contribution in [0.1, 0.15) is 50.1 Å². The van der Waals surface area contributed by atoms with Crippen LogP contribution in [0.5, 0.6) is 0 Å². The van der Waals surface area contributed by atoms with Gasteiger partial charge in [-0.15, -0.1) is 0 Å². The van der Waals surface area contributed by atoms with Gasteiger partial charge in [0.15, 0.2) is 0 Å². The van der Waals surface area contributed by atoms with Crippen LogP contribution in [0.15, 0.2) is 84.9 Å². The lowest BCUT2D eigenvalue weighted by atomic mass is 9.87. The quantitative estimate of drug-likeness (QED) is 0.611. The number of rotatable bonds is 4. The van der Waals surface area contributed by atoms with E-state index in [4.69, 9.17) is 9.47 Å². The van der Waals surface area contributed by atoms with Gasteiger partial charge in [0.25, 0.3) is 0 Å². The van der Waals surface area contributed by atoms with Gasteiger partial charge < -0.3 is 9.47 Å².